The van der Waals surface area contributed by atoms with E-state index in [1.165, 1.54) is 7.11 Å². The summed E-state index contributed by atoms with van der Waals surface area (Å²) < 4.78 is 37.9. The standard InChI is InChI=1S/C28H40O8Si/c1-8-37(9-2,10-3)36-19-15-11-12-16(19)22-27(25(30)31-6,23(29)21-20(15)34-21)24-18(26(4,5)32-7)17-13-14-33-28(17,22)35-24/h11-13,15-16,18-22,24H,8-10,14H2,1-7H3/t15?,16-,18+,19+,20+,21+,22-,24+,27+,28-/m1/s1. The van der Waals surface area contributed by atoms with Crippen LogP contribution in [0.2, 0.25) is 18.1 Å². The van der Waals surface area contributed by atoms with Gasteiger partial charge in [0.15, 0.2) is 25.3 Å². The number of carbonyl (C=O) groups excluding carboxylic acids is 2. The average Bonchev–Trinajstić information content (AvgIpc) is 3.16. The SMILES string of the molecule is CC[Si](CC)(CC)O[C@H]1C2C=C[C@H]1[C@H]1[C@@]34OCC=C3[C@H](C(C)(C)OC)[C@H](O4)[C@@]1(C(=O)OC)C(=O)[C@H]1O[C@@H]21. The Balaban J connectivity index is 1.56. The molecule has 0 N–H and O–H groups in total. The van der Waals surface area contributed by atoms with Crippen LogP contribution in [0.5, 0.6) is 0 Å². The lowest BCUT2D eigenvalue weighted by atomic mass is 9.51. The van der Waals surface area contributed by atoms with Crippen LogP contribution < -0.4 is 0 Å². The molecule has 0 amide bonds. The fourth-order valence-corrected chi connectivity index (χ4v) is 11.3. The molecule has 4 aliphatic heterocycles. The highest BCUT2D eigenvalue weighted by molar-refractivity contribution is 6.73. The normalized spacial score (nSPS) is 45.2. The van der Waals surface area contributed by atoms with E-state index < -0.39 is 49.2 Å². The quantitative estimate of drug-likeness (QED) is 0.154. The van der Waals surface area contributed by atoms with Crippen LogP contribution in [0.4, 0.5) is 0 Å². The molecule has 8 nitrogen and oxygen atoms in total. The highest BCUT2D eigenvalue weighted by Gasteiger charge is 2.86. The van der Waals surface area contributed by atoms with E-state index >= 15 is 0 Å². The lowest BCUT2D eigenvalue weighted by Gasteiger charge is -2.51. The van der Waals surface area contributed by atoms with E-state index in [1.54, 1.807) is 7.11 Å². The van der Waals surface area contributed by atoms with Crippen molar-refractivity contribution in [3.05, 3.63) is 23.8 Å². The summed E-state index contributed by atoms with van der Waals surface area (Å²) in [6.07, 6.45) is 4.36. The van der Waals surface area contributed by atoms with Gasteiger partial charge in [0.05, 0.1) is 37.4 Å². The van der Waals surface area contributed by atoms with Crippen molar-refractivity contribution in [1.82, 2.24) is 0 Å². The van der Waals surface area contributed by atoms with Crippen LogP contribution in [0.15, 0.2) is 23.8 Å². The third-order valence-corrected chi connectivity index (χ3v) is 15.3. The Morgan fingerprint density at radius 2 is 1.81 bits per heavy atom. The van der Waals surface area contributed by atoms with Crippen molar-refractivity contribution >= 4 is 20.1 Å². The third-order valence-electron chi connectivity index (χ3n) is 10.7. The van der Waals surface area contributed by atoms with Crippen molar-refractivity contribution in [3.63, 3.8) is 0 Å². The van der Waals surface area contributed by atoms with Crippen molar-refractivity contribution in [1.29, 1.82) is 0 Å². The molecule has 6 aliphatic rings. The van der Waals surface area contributed by atoms with E-state index in [9.17, 15) is 9.59 Å². The van der Waals surface area contributed by atoms with Gasteiger partial charge in [-0.05, 0) is 37.6 Å². The summed E-state index contributed by atoms with van der Waals surface area (Å²) in [4.78, 5) is 28.5. The van der Waals surface area contributed by atoms with Gasteiger partial charge in [0, 0.05) is 24.9 Å². The van der Waals surface area contributed by atoms with E-state index in [0.29, 0.717) is 6.61 Å². The van der Waals surface area contributed by atoms with Gasteiger partial charge in [-0.2, -0.15) is 0 Å². The van der Waals surface area contributed by atoms with E-state index in [-0.39, 0.29) is 35.7 Å². The Morgan fingerprint density at radius 1 is 1.14 bits per heavy atom. The summed E-state index contributed by atoms with van der Waals surface area (Å²) in [6, 6.07) is 3.02. The monoisotopic (exact) mass is 532 g/mol. The van der Waals surface area contributed by atoms with Gasteiger partial charge in [-0.15, -0.1) is 0 Å². The number of ketones is 1. The van der Waals surface area contributed by atoms with Crippen LogP contribution in [0.25, 0.3) is 0 Å². The maximum atomic E-state index is 14.5. The number of fused-ring (bicyclic) bond motifs is 8. The number of ether oxygens (including phenoxy) is 5. The lowest BCUT2D eigenvalue weighted by molar-refractivity contribution is -0.194. The Labute approximate surface area is 220 Å². The summed E-state index contributed by atoms with van der Waals surface area (Å²) in [5.41, 5.74) is -1.32. The molecule has 1 saturated carbocycles. The average molecular weight is 533 g/mol. The first kappa shape index (κ1) is 25.9. The topological polar surface area (TPSA) is 92.8 Å². The fraction of sp³-hybridized carbons (Fsp3) is 0.786. The Bertz CT molecular complexity index is 1060. The largest absolute Gasteiger partial charge is 0.468 e. The van der Waals surface area contributed by atoms with Crippen LogP contribution in [-0.4, -0.2) is 76.7 Å². The third kappa shape index (κ3) is 3.01. The molecule has 2 aliphatic carbocycles. The summed E-state index contributed by atoms with van der Waals surface area (Å²) in [5.74, 6) is -3.30. The molecule has 4 heterocycles. The van der Waals surface area contributed by atoms with Gasteiger partial charge in [0.25, 0.3) is 0 Å². The molecule has 6 rings (SSSR count). The maximum Gasteiger partial charge on any atom is 0.322 e. The molecule has 3 saturated heterocycles. The molecule has 0 aromatic carbocycles. The highest BCUT2D eigenvalue weighted by atomic mass is 28.4. The van der Waals surface area contributed by atoms with Crippen LogP contribution in [0.3, 0.4) is 0 Å². The van der Waals surface area contributed by atoms with Gasteiger partial charge < -0.3 is 28.1 Å². The van der Waals surface area contributed by atoms with Gasteiger partial charge in [-0.3, -0.25) is 9.59 Å². The number of methoxy groups -OCH3 is 2. The van der Waals surface area contributed by atoms with Crippen molar-refractivity contribution in [2.45, 2.75) is 88.6 Å². The molecule has 0 aromatic rings. The summed E-state index contributed by atoms with van der Waals surface area (Å²) in [6.45, 7) is 10.9. The lowest BCUT2D eigenvalue weighted by Crippen LogP contribution is -2.66. The van der Waals surface area contributed by atoms with Crippen LogP contribution >= 0.6 is 0 Å². The number of esters is 1. The molecule has 4 fully saturated rings. The minimum atomic E-state index is -2.04. The van der Waals surface area contributed by atoms with Gasteiger partial charge in [-0.1, -0.05) is 39.0 Å². The van der Waals surface area contributed by atoms with Gasteiger partial charge in [0.1, 0.15) is 12.2 Å². The van der Waals surface area contributed by atoms with E-state index in [0.717, 1.165) is 23.7 Å². The zero-order chi connectivity index (χ0) is 26.5. The van der Waals surface area contributed by atoms with Crippen molar-refractivity contribution in [2.24, 2.45) is 29.1 Å². The number of carbonyl (C=O) groups is 2. The first-order valence-corrected chi connectivity index (χ1v) is 16.4. The molecule has 0 radical (unpaired) electrons. The molecule has 1 unspecified atom stereocenters. The molecule has 204 valence electrons. The summed E-state index contributed by atoms with van der Waals surface area (Å²) in [7, 11) is 0.960. The second-order valence-corrected chi connectivity index (χ2v) is 16.8. The second-order valence-electron chi connectivity index (χ2n) is 12.1. The minimum Gasteiger partial charge on any atom is -0.468 e. The maximum absolute atomic E-state index is 14.5. The Hall–Kier alpha value is -1.36. The summed E-state index contributed by atoms with van der Waals surface area (Å²) >= 11 is 0. The molecule has 4 bridgehead atoms. The molecule has 10 atom stereocenters. The zero-order valence-corrected chi connectivity index (χ0v) is 23.9. The van der Waals surface area contributed by atoms with Gasteiger partial charge in [-0.25, -0.2) is 0 Å². The number of rotatable bonds is 8. The first-order valence-electron chi connectivity index (χ1n) is 13.8. The number of hydrogen-bond acceptors (Lipinski definition) is 8. The van der Waals surface area contributed by atoms with E-state index in [1.807, 2.05) is 13.8 Å². The van der Waals surface area contributed by atoms with Crippen molar-refractivity contribution in [2.75, 3.05) is 20.8 Å². The summed E-state index contributed by atoms with van der Waals surface area (Å²) in [5, 5.41) is 0. The van der Waals surface area contributed by atoms with E-state index in [2.05, 4.69) is 39.0 Å². The van der Waals surface area contributed by atoms with Crippen molar-refractivity contribution < 1.29 is 37.7 Å². The Kier molecular flexibility index (Phi) is 5.82. The van der Waals surface area contributed by atoms with Crippen LogP contribution in [0, 0.1) is 29.1 Å². The predicted octanol–water partition coefficient (Wildman–Crippen LogP) is 3.41. The number of Topliss-reactive ketones (excluding diaryl/α,β-unsaturated/α-hetero) is 1. The molecule has 1 spiro atoms. The van der Waals surface area contributed by atoms with Crippen molar-refractivity contribution in [3.8, 4) is 0 Å². The molecular formula is C28H40O8Si. The van der Waals surface area contributed by atoms with E-state index in [4.69, 9.17) is 28.1 Å². The highest BCUT2D eigenvalue weighted by Crippen LogP contribution is 2.72. The van der Waals surface area contributed by atoms with Gasteiger partial charge in [0.2, 0.25) is 0 Å². The zero-order valence-electron chi connectivity index (χ0n) is 22.9. The molecule has 37 heavy (non-hydrogen) atoms. The first-order chi connectivity index (χ1) is 17.6. The second kappa shape index (κ2) is 8.32. The van der Waals surface area contributed by atoms with Crippen LogP contribution in [0.1, 0.15) is 34.6 Å². The fourth-order valence-electron chi connectivity index (χ4n) is 8.39. The van der Waals surface area contributed by atoms with Gasteiger partial charge >= 0.3 is 5.97 Å². The Morgan fingerprint density at radius 3 is 2.43 bits per heavy atom. The predicted molar refractivity (Wildman–Crippen MR) is 136 cm³/mol. The molecule has 9 heteroatoms. The number of hydrogen-bond donors (Lipinski definition) is 0. The van der Waals surface area contributed by atoms with Crippen LogP contribution in [-0.2, 0) is 37.7 Å². The molecular weight excluding hydrogens is 492 g/mol. The number of epoxide rings is 1. The smallest absolute Gasteiger partial charge is 0.322 e. The molecule has 0 aromatic heterocycles. The minimum absolute atomic E-state index is 0.0401.